The normalized spacial score (nSPS) is 13.9. The van der Waals surface area contributed by atoms with Crippen molar-refractivity contribution in [2.24, 2.45) is 0 Å². The molecule has 0 bridgehead atoms. The molecule has 4 N–H and O–H groups in total. The number of pyridine rings is 1. The zero-order chi connectivity index (χ0) is 30.6. The Kier molecular flexibility index (Phi) is 9.05. The van der Waals surface area contributed by atoms with Crippen molar-refractivity contribution in [2.45, 2.75) is 4.21 Å². The van der Waals surface area contributed by atoms with E-state index in [0.29, 0.717) is 37.4 Å². The number of thiophene rings is 1. The Morgan fingerprint density at radius 1 is 1.05 bits per heavy atom. The van der Waals surface area contributed by atoms with Crippen LogP contribution < -0.4 is 26.2 Å². The summed E-state index contributed by atoms with van der Waals surface area (Å²) in [6, 6.07) is 10.2. The van der Waals surface area contributed by atoms with Crippen molar-refractivity contribution < 1.29 is 27.1 Å². The summed E-state index contributed by atoms with van der Waals surface area (Å²) >= 11 is 0.936. The molecule has 226 valence electrons. The maximum atomic E-state index is 15.4. The van der Waals surface area contributed by atoms with Crippen LogP contribution in [0.1, 0.15) is 10.4 Å². The average molecular weight is 629 g/mol. The van der Waals surface area contributed by atoms with E-state index in [1.165, 1.54) is 30.5 Å². The van der Waals surface area contributed by atoms with Crippen molar-refractivity contribution in [1.82, 2.24) is 19.5 Å². The second-order valence-corrected chi connectivity index (χ2v) is 12.5. The van der Waals surface area contributed by atoms with Crippen LogP contribution in [0.15, 0.2) is 69.1 Å². The van der Waals surface area contributed by atoms with Crippen molar-refractivity contribution in [1.29, 1.82) is 0 Å². The topological polar surface area (TPSA) is 151 Å². The van der Waals surface area contributed by atoms with E-state index >= 15 is 4.39 Å². The van der Waals surface area contributed by atoms with Gasteiger partial charge >= 0.3 is 6.03 Å². The van der Waals surface area contributed by atoms with E-state index in [4.69, 9.17) is 4.74 Å². The van der Waals surface area contributed by atoms with E-state index in [2.05, 4.69) is 20.9 Å². The third-order valence-corrected chi connectivity index (χ3v) is 9.55. The number of amides is 3. The van der Waals surface area contributed by atoms with Gasteiger partial charge in [0, 0.05) is 61.6 Å². The molecule has 0 unspecified atom stereocenters. The number of rotatable bonds is 9. The predicted octanol–water partition coefficient (Wildman–Crippen LogP) is 2.81. The molecule has 5 rings (SSSR count). The number of benzene rings is 2. The van der Waals surface area contributed by atoms with Gasteiger partial charge in [-0.25, -0.2) is 22.3 Å². The molecular weight excluding hydrogens is 599 g/mol. The number of hydrogen-bond donors (Lipinski definition) is 4. The first kappa shape index (κ1) is 30.2. The van der Waals surface area contributed by atoms with E-state index in [1.807, 2.05) is 4.72 Å². The van der Waals surface area contributed by atoms with Crippen LogP contribution in [0, 0.1) is 5.82 Å². The van der Waals surface area contributed by atoms with Gasteiger partial charge in [0.15, 0.2) is 0 Å². The smallest absolute Gasteiger partial charge is 0.333 e. The van der Waals surface area contributed by atoms with Gasteiger partial charge in [-0.05, 0) is 47.8 Å². The van der Waals surface area contributed by atoms with Crippen molar-refractivity contribution in [3.8, 4) is 5.69 Å². The van der Waals surface area contributed by atoms with Crippen LogP contribution in [-0.2, 0) is 14.8 Å². The lowest BCUT2D eigenvalue weighted by atomic mass is 10.1. The summed E-state index contributed by atoms with van der Waals surface area (Å²) in [6.07, 6.45) is 1.29. The quantitative estimate of drug-likeness (QED) is 0.221. The van der Waals surface area contributed by atoms with E-state index < -0.39 is 33.3 Å². The van der Waals surface area contributed by atoms with Gasteiger partial charge in [-0.15, -0.1) is 11.3 Å². The predicted molar refractivity (Wildman–Crippen MR) is 162 cm³/mol. The highest BCUT2D eigenvalue weighted by molar-refractivity contribution is 7.92. The zero-order valence-electron chi connectivity index (χ0n) is 23.1. The van der Waals surface area contributed by atoms with Gasteiger partial charge in [0.25, 0.3) is 21.5 Å². The minimum atomic E-state index is -4.09. The van der Waals surface area contributed by atoms with Crippen molar-refractivity contribution in [2.75, 3.05) is 57.1 Å². The number of morpholine rings is 1. The van der Waals surface area contributed by atoms with E-state index in [0.717, 1.165) is 35.1 Å². The lowest BCUT2D eigenvalue weighted by Crippen LogP contribution is -2.41. The molecule has 3 amide bonds. The standard InChI is InChI=1S/C28H29FN6O6S2/c1-30-18-4-6-20-21(15-18)22(26(36)31-8-9-34-10-12-41-13-11-34)17-35(27(20)37)24-7-5-19(16-23(24)29)32-28(38)33-43(39,40)25-3-2-14-42-25/h2-7,14-17,30H,8-13H2,1H3,(H,31,36)(H2,32,33,38). The average Bonchev–Trinajstić information content (AvgIpc) is 3.54. The molecule has 43 heavy (non-hydrogen) atoms. The fourth-order valence-electron chi connectivity index (χ4n) is 4.63. The second-order valence-electron chi connectivity index (χ2n) is 9.60. The molecule has 12 nitrogen and oxygen atoms in total. The Morgan fingerprint density at radius 3 is 2.51 bits per heavy atom. The third-order valence-electron chi connectivity index (χ3n) is 6.82. The van der Waals surface area contributed by atoms with Crippen LogP contribution in [0.5, 0.6) is 0 Å². The summed E-state index contributed by atoms with van der Waals surface area (Å²) < 4.78 is 48.2. The molecule has 0 radical (unpaired) electrons. The number of nitrogens with zero attached hydrogens (tertiary/aromatic N) is 2. The lowest BCUT2D eigenvalue weighted by Gasteiger charge is -2.26. The summed E-state index contributed by atoms with van der Waals surface area (Å²) in [7, 11) is -2.37. The Labute approximate surface area is 250 Å². The minimum absolute atomic E-state index is 0.0475. The van der Waals surface area contributed by atoms with Crippen molar-refractivity contribution in [3.63, 3.8) is 0 Å². The van der Waals surface area contributed by atoms with Gasteiger partial charge < -0.3 is 20.7 Å². The lowest BCUT2D eigenvalue weighted by molar-refractivity contribution is 0.0383. The molecule has 4 aromatic rings. The molecular formula is C28H29FN6O6S2. The SMILES string of the molecule is CNc1ccc2c(=O)n(-c3ccc(NC(=O)NS(=O)(=O)c4cccs4)cc3F)cc(C(=O)NCCN3CCOCC3)c2c1. The Bertz CT molecular complexity index is 1820. The fraction of sp³-hybridized carbons (Fsp3) is 0.250. The number of urea groups is 1. The number of halogens is 1. The Hall–Kier alpha value is -4.31. The number of sulfonamides is 1. The summed E-state index contributed by atoms with van der Waals surface area (Å²) in [5, 5.41) is 10.3. The number of nitrogens with one attached hydrogen (secondary N) is 4. The first-order chi connectivity index (χ1) is 20.7. The summed E-state index contributed by atoms with van der Waals surface area (Å²) in [5.74, 6) is -1.31. The van der Waals surface area contributed by atoms with Crippen LogP contribution in [0.25, 0.3) is 16.5 Å². The van der Waals surface area contributed by atoms with Gasteiger partial charge in [-0.1, -0.05) is 6.07 Å². The summed E-state index contributed by atoms with van der Waals surface area (Å²) in [5.41, 5.74) is 0.0983. The number of carbonyl (C=O) groups excluding carboxylic acids is 2. The van der Waals surface area contributed by atoms with E-state index in [1.54, 1.807) is 30.6 Å². The van der Waals surface area contributed by atoms with Gasteiger partial charge in [-0.3, -0.25) is 19.1 Å². The monoisotopic (exact) mass is 628 g/mol. The van der Waals surface area contributed by atoms with Gasteiger partial charge in [0.1, 0.15) is 10.0 Å². The number of fused-ring (bicyclic) bond motifs is 1. The number of aromatic nitrogens is 1. The maximum absolute atomic E-state index is 15.4. The highest BCUT2D eigenvalue weighted by Gasteiger charge is 2.21. The first-order valence-electron chi connectivity index (χ1n) is 13.3. The summed E-state index contributed by atoms with van der Waals surface area (Å²) in [6.45, 7) is 3.80. The van der Waals surface area contributed by atoms with Gasteiger partial charge in [-0.2, -0.15) is 0 Å². The maximum Gasteiger partial charge on any atom is 0.333 e. The molecule has 3 heterocycles. The molecule has 0 aliphatic carbocycles. The molecule has 1 fully saturated rings. The molecule has 1 saturated heterocycles. The molecule has 2 aromatic carbocycles. The molecule has 1 aliphatic heterocycles. The third kappa shape index (κ3) is 6.85. The largest absolute Gasteiger partial charge is 0.388 e. The van der Waals surface area contributed by atoms with E-state index in [9.17, 15) is 22.8 Å². The Balaban J connectivity index is 1.41. The second kappa shape index (κ2) is 12.9. The van der Waals surface area contributed by atoms with Gasteiger partial charge in [0.05, 0.1) is 24.5 Å². The molecule has 1 aliphatic rings. The van der Waals surface area contributed by atoms with Crippen LogP contribution in [0.2, 0.25) is 0 Å². The van der Waals surface area contributed by atoms with Crippen molar-refractivity contribution >= 4 is 55.4 Å². The van der Waals surface area contributed by atoms with Crippen LogP contribution in [0.4, 0.5) is 20.6 Å². The van der Waals surface area contributed by atoms with Gasteiger partial charge in [0.2, 0.25) is 0 Å². The molecule has 0 atom stereocenters. The molecule has 15 heteroatoms. The molecule has 0 saturated carbocycles. The number of carbonyl (C=O) groups is 2. The van der Waals surface area contributed by atoms with Crippen LogP contribution in [0.3, 0.4) is 0 Å². The fourth-order valence-corrected chi connectivity index (χ4v) is 6.53. The Morgan fingerprint density at radius 2 is 1.81 bits per heavy atom. The molecule has 0 spiro atoms. The summed E-state index contributed by atoms with van der Waals surface area (Å²) in [4.78, 5) is 41.3. The van der Waals surface area contributed by atoms with Crippen LogP contribution in [-0.4, -0.2) is 76.3 Å². The zero-order valence-corrected chi connectivity index (χ0v) is 24.7. The minimum Gasteiger partial charge on any atom is -0.388 e. The van der Waals surface area contributed by atoms with E-state index in [-0.39, 0.29) is 26.5 Å². The highest BCUT2D eigenvalue weighted by Crippen LogP contribution is 2.24. The first-order valence-corrected chi connectivity index (χ1v) is 15.7. The number of ether oxygens (including phenoxy) is 1. The van der Waals surface area contributed by atoms with Crippen molar-refractivity contribution in [3.05, 3.63) is 81.8 Å². The number of anilines is 2. The number of hydrogen-bond acceptors (Lipinski definition) is 9. The molecule has 2 aromatic heterocycles. The highest BCUT2D eigenvalue weighted by atomic mass is 32.2. The van der Waals surface area contributed by atoms with Crippen LogP contribution >= 0.6 is 11.3 Å².